The van der Waals surface area contributed by atoms with Gasteiger partial charge in [-0.2, -0.15) is 0 Å². The second-order valence-electron chi connectivity index (χ2n) is 7.89. The Morgan fingerprint density at radius 3 is 1.70 bits per heavy atom. The van der Waals surface area contributed by atoms with Crippen LogP contribution in [-0.4, -0.2) is 40.3 Å². The number of pyridine rings is 1. The fourth-order valence-electron chi connectivity index (χ4n) is 3.59. The van der Waals surface area contributed by atoms with Crippen molar-refractivity contribution in [2.24, 2.45) is 0 Å². The van der Waals surface area contributed by atoms with E-state index in [2.05, 4.69) is 4.98 Å². The van der Waals surface area contributed by atoms with Gasteiger partial charge in [-0.3, -0.25) is 4.98 Å². The summed E-state index contributed by atoms with van der Waals surface area (Å²) in [5.41, 5.74) is 1.51. The maximum Gasteiger partial charge on any atom is 0.338 e. The van der Waals surface area contributed by atoms with Crippen LogP contribution in [0.4, 0.5) is 0 Å². The highest BCUT2D eigenvalue weighted by Gasteiger charge is 2.22. The van der Waals surface area contributed by atoms with Crippen molar-refractivity contribution < 1.29 is 29.3 Å². The molecule has 1 heterocycles. The van der Waals surface area contributed by atoms with Crippen molar-refractivity contribution in [1.82, 2.24) is 4.98 Å². The summed E-state index contributed by atoms with van der Waals surface area (Å²) in [5.74, 6) is -2.76. The lowest BCUT2D eigenvalue weighted by molar-refractivity contribution is 0.0348. The first-order chi connectivity index (χ1) is 17.7. The highest BCUT2D eigenvalue weighted by atomic mass is 35.5. The number of rotatable bonds is 7. The molecule has 0 aliphatic heterocycles. The van der Waals surface area contributed by atoms with Gasteiger partial charge < -0.3 is 19.7 Å². The maximum atomic E-state index is 12.7. The SMILES string of the molecule is O=C(OCC(COC(=O)c1cc(Cl)c(O)c(Cl)c1)c1ccnc2ccccc12)c1cc(Cl)c(O)c(Cl)c1. The number of phenolic OH excluding ortho intramolecular Hbond substituents is 2. The third-order valence-electron chi connectivity index (χ3n) is 5.46. The van der Waals surface area contributed by atoms with Crippen molar-refractivity contribution in [2.45, 2.75) is 5.92 Å². The molecule has 0 aliphatic carbocycles. The second kappa shape index (κ2) is 11.4. The summed E-state index contributed by atoms with van der Waals surface area (Å²) in [5, 5.41) is 19.9. The second-order valence-corrected chi connectivity index (χ2v) is 9.52. The Morgan fingerprint density at radius 2 is 1.22 bits per heavy atom. The number of carbonyl (C=O) groups excluding carboxylic acids is 2. The van der Waals surface area contributed by atoms with Crippen molar-refractivity contribution >= 4 is 69.2 Å². The summed E-state index contributed by atoms with van der Waals surface area (Å²) in [6.45, 7) is -0.347. The number of para-hydroxylation sites is 1. The van der Waals surface area contributed by atoms with Crippen LogP contribution in [0.2, 0.25) is 20.1 Å². The number of carbonyl (C=O) groups is 2. The zero-order valence-corrected chi connectivity index (χ0v) is 21.8. The highest BCUT2D eigenvalue weighted by molar-refractivity contribution is 6.38. The summed E-state index contributed by atoms with van der Waals surface area (Å²) >= 11 is 23.7. The molecule has 1 aromatic heterocycles. The van der Waals surface area contributed by atoms with Crippen molar-refractivity contribution in [3.05, 3.63) is 97.6 Å². The fourth-order valence-corrected chi connectivity index (χ4v) is 4.56. The average molecular weight is 581 g/mol. The number of aromatic nitrogens is 1. The third-order valence-corrected chi connectivity index (χ3v) is 6.61. The number of esters is 2. The van der Waals surface area contributed by atoms with Gasteiger partial charge in [0.15, 0.2) is 11.5 Å². The quantitative estimate of drug-likeness (QED) is 0.225. The molecule has 0 amide bonds. The van der Waals surface area contributed by atoms with Crippen LogP contribution in [-0.2, 0) is 9.47 Å². The van der Waals surface area contributed by atoms with Gasteiger partial charge in [-0.25, -0.2) is 9.59 Å². The van der Waals surface area contributed by atoms with Gasteiger partial charge in [-0.15, -0.1) is 0 Å². The molecule has 0 fully saturated rings. The molecule has 4 aromatic rings. The van der Waals surface area contributed by atoms with Gasteiger partial charge in [0, 0.05) is 11.6 Å². The van der Waals surface area contributed by atoms with Gasteiger partial charge in [-0.05, 0) is 42.0 Å². The van der Waals surface area contributed by atoms with E-state index in [0.717, 1.165) is 10.9 Å². The summed E-state index contributed by atoms with van der Waals surface area (Å²) in [4.78, 5) is 29.8. The lowest BCUT2D eigenvalue weighted by Gasteiger charge is -2.19. The third kappa shape index (κ3) is 6.02. The van der Waals surface area contributed by atoms with E-state index in [9.17, 15) is 19.8 Å². The molecular formula is C26H17Cl4NO6. The minimum absolute atomic E-state index is 0.0384. The van der Waals surface area contributed by atoms with Crippen molar-refractivity contribution in [1.29, 1.82) is 0 Å². The van der Waals surface area contributed by atoms with Gasteiger partial charge >= 0.3 is 11.9 Å². The van der Waals surface area contributed by atoms with Crippen LogP contribution in [0.1, 0.15) is 32.2 Å². The average Bonchev–Trinajstić information content (AvgIpc) is 2.89. The van der Waals surface area contributed by atoms with E-state index in [1.54, 1.807) is 12.3 Å². The number of nitrogens with zero attached hydrogens (tertiary/aromatic N) is 1. The van der Waals surface area contributed by atoms with Crippen LogP contribution in [0, 0.1) is 0 Å². The number of aromatic hydroxyl groups is 2. The fraction of sp³-hybridized carbons (Fsp3) is 0.115. The Bertz CT molecular complexity index is 1390. The van der Waals surface area contributed by atoms with Crippen LogP contribution >= 0.6 is 46.4 Å². The molecule has 0 atom stereocenters. The van der Waals surface area contributed by atoms with E-state index >= 15 is 0 Å². The lowest BCUT2D eigenvalue weighted by Crippen LogP contribution is -2.20. The zero-order valence-electron chi connectivity index (χ0n) is 18.8. The summed E-state index contributed by atoms with van der Waals surface area (Å²) in [6, 6.07) is 14.1. The number of hydrogen-bond donors (Lipinski definition) is 2. The predicted molar refractivity (Wildman–Crippen MR) is 141 cm³/mol. The Hall–Kier alpha value is -3.23. The van der Waals surface area contributed by atoms with Crippen LogP contribution in [0.3, 0.4) is 0 Å². The Kier molecular flexibility index (Phi) is 8.29. The smallest absolute Gasteiger partial charge is 0.338 e. The van der Waals surface area contributed by atoms with E-state index in [0.29, 0.717) is 5.52 Å². The van der Waals surface area contributed by atoms with Crippen molar-refractivity contribution in [3.63, 3.8) is 0 Å². The molecule has 0 bridgehead atoms. The Morgan fingerprint density at radius 1 is 0.757 bits per heavy atom. The topological polar surface area (TPSA) is 106 Å². The van der Waals surface area contributed by atoms with Gasteiger partial charge in [0.1, 0.15) is 13.2 Å². The monoisotopic (exact) mass is 579 g/mol. The van der Waals surface area contributed by atoms with E-state index < -0.39 is 17.9 Å². The van der Waals surface area contributed by atoms with Gasteiger partial charge in [0.25, 0.3) is 0 Å². The van der Waals surface area contributed by atoms with Gasteiger partial charge in [0.05, 0.1) is 42.7 Å². The van der Waals surface area contributed by atoms with Crippen molar-refractivity contribution in [2.75, 3.05) is 13.2 Å². The predicted octanol–water partition coefficient (Wildman–Crippen LogP) is 7.06. The molecule has 0 aliphatic rings. The molecule has 0 saturated heterocycles. The number of hydrogen-bond acceptors (Lipinski definition) is 7. The maximum absolute atomic E-state index is 12.7. The number of ether oxygens (including phenoxy) is 2. The molecule has 3 aromatic carbocycles. The normalized spacial score (nSPS) is 11.1. The number of phenols is 2. The lowest BCUT2D eigenvalue weighted by atomic mass is 9.97. The van der Waals surface area contributed by atoms with Crippen LogP contribution in [0.5, 0.6) is 11.5 Å². The molecular weight excluding hydrogens is 564 g/mol. The molecule has 0 spiro atoms. The molecule has 0 radical (unpaired) electrons. The summed E-state index contributed by atoms with van der Waals surface area (Å²) in [6.07, 6.45) is 1.60. The van der Waals surface area contributed by atoms with E-state index in [1.165, 1.54) is 24.3 Å². The number of halogens is 4. The zero-order chi connectivity index (χ0) is 26.7. The van der Waals surface area contributed by atoms with Crippen LogP contribution < -0.4 is 0 Å². The minimum Gasteiger partial charge on any atom is -0.505 e. The number of fused-ring (bicyclic) bond motifs is 1. The molecule has 0 saturated carbocycles. The van der Waals surface area contributed by atoms with E-state index in [-0.39, 0.29) is 55.9 Å². The van der Waals surface area contributed by atoms with E-state index in [1.807, 2.05) is 24.3 Å². The van der Waals surface area contributed by atoms with Gasteiger partial charge in [-0.1, -0.05) is 64.6 Å². The first-order valence-corrected chi connectivity index (χ1v) is 12.2. The summed E-state index contributed by atoms with van der Waals surface area (Å²) < 4.78 is 11.0. The molecule has 7 nitrogen and oxygen atoms in total. The van der Waals surface area contributed by atoms with Crippen LogP contribution in [0.25, 0.3) is 10.9 Å². The molecule has 37 heavy (non-hydrogen) atoms. The number of benzene rings is 3. The molecule has 2 N–H and O–H groups in total. The van der Waals surface area contributed by atoms with Gasteiger partial charge in [0.2, 0.25) is 0 Å². The molecule has 0 unspecified atom stereocenters. The van der Waals surface area contributed by atoms with Crippen molar-refractivity contribution in [3.8, 4) is 11.5 Å². The van der Waals surface area contributed by atoms with E-state index in [4.69, 9.17) is 55.9 Å². The molecule has 11 heteroatoms. The molecule has 4 rings (SSSR count). The highest BCUT2D eigenvalue weighted by Crippen LogP contribution is 2.34. The summed E-state index contributed by atoms with van der Waals surface area (Å²) in [7, 11) is 0. The Labute approximate surface area is 231 Å². The van der Waals surface area contributed by atoms with Crippen LogP contribution in [0.15, 0.2) is 60.8 Å². The largest absolute Gasteiger partial charge is 0.505 e. The Balaban J connectivity index is 1.59. The standard InChI is InChI=1S/C26H17Cl4NO6/c27-18-7-13(8-19(28)23(18)32)25(34)36-11-15(16-5-6-31-22-4-2-1-3-17(16)22)12-37-26(35)14-9-20(29)24(33)21(30)10-14/h1-10,15,32-33H,11-12H2. The first kappa shape index (κ1) is 26.8. The minimum atomic E-state index is -0.740. The molecule has 190 valence electrons. The first-order valence-electron chi connectivity index (χ1n) is 10.7.